The molecular weight excluding hydrogens is 240 g/mol. The molecule has 1 saturated heterocycles. The predicted molar refractivity (Wildman–Crippen MR) is 75.9 cm³/mol. The van der Waals surface area contributed by atoms with Gasteiger partial charge in [-0.15, -0.1) is 0 Å². The largest absolute Gasteiger partial charge is 0.444 e. The zero-order valence-electron chi connectivity index (χ0n) is 12.6. The Morgan fingerprint density at radius 3 is 2.47 bits per heavy atom. The van der Waals surface area contributed by atoms with E-state index in [0.29, 0.717) is 11.3 Å². The number of carbonyl (C=O) groups is 1. The molecule has 0 radical (unpaired) electrons. The molecule has 0 aromatic rings. The summed E-state index contributed by atoms with van der Waals surface area (Å²) in [6.45, 7) is 8.29. The molecule has 0 bridgehead atoms. The summed E-state index contributed by atoms with van der Waals surface area (Å²) >= 11 is 0. The van der Waals surface area contributed by atoms with Crippen molar-refractivity contribution < 1.29 is 9.53 Å². The van der Waals surface area contributed by atoms with Crippen molar-refractivity contribution >= 4 is 6.09 Å². The number of nitrogens with zero attached hydrogens (tertiary/aromatic N) is 1. The smallest absolute Gasteiger partial charge is 0.410 e. The summed E-state index contributed by atoms with van der Waals surface area (Å²) in [6.07, 6.45) is 5.86. The van der Waals surface area contributed by atoms with E-state index in [9.17, 15) is 4.79 Å². The van der Waals surface area contributed by atoms with Crippen LogP contribution in [0.1, 0.15) is 52.9 Å². The van der Waals surface area contributed by atoms with Crippen molar-refractivity contribution in [1.29, 1.82) is 0 Å². The Hall–Kier alpha value is -0.770. The maximum Gasteiger partial charge on any atom is 0.410 e. The molecule has 4 nitrogen and oxygen atoms in total. The van der Waals surface area contributed by atoms with Crippen LogP contribution >= 0.6 is 0 Å². The second kappa shape index (κ2) is 5.31. The van der Waals surface area contributed by atoms with Gasteiger partial charge in [-0.2, -0.15) is 0 Å². The highest BCUT2D eigenvalue weighted by Gasteiger charge is 2.43. The number of ether oxygens (including phenoxy) is 1. The standard InChI is InChI=1S/C15H28N2O2/c1-14(2,3)19-13(18)17-9-8-15(11-17)6-4-12(10-16)5-7-15/h12H,4-11,16H2,1-3H3. The van der Waals surface area contributed by atoms with Crippen LogP contribution in [0.4, 0.5) is 4.79 Å². The Bertz CT molecular complexity index is 328. The second-order valence-electron chi connectivity index (χ2n) is 7.33. The van der Waals surface area contributed by atoms with Crippen molar-refractivity contribution in [2.24, 2.45) is 17.1 Å². The van der Waals surface area contributed by atoms with Crippen molar-refractivity contribution in [3.8, 4) is 0 Å². The number of hydrogen-bond acceptors (Lipinski definition) is 3. The van der Waals surface area contributed by atoms with Gasteiger partial charge in [0.25, 0.3) is 0 Å². The van der Waals surface area contributed by atoms with Gasteiger partial charge >= 0.3 is 6.09 Å². The van der Waals surface area contributed by atoms with E-state index in [1.807, 2.05) is 25.7 Å². The summed E-state index contributed by atoms with van der Waals surface area (Å²) in [6, 6.07) is 0. The van der Waals surface area contributed by atoms with Gasteiger partial charge in [-0.3, -0.25) is 0 Å². The fourth-order valence-electron chi connectivity index (χ4n) is 3.35. The predicted octanol–water partition coefficient (Wildman–Crippen LogP) is 2.76. The summed E-state index contributed by atoms with van der Waals surface area (Å²) in [5.41, 5.74) is 5.70. The molecule has 0 aromatic heterocycles. The molecule has 0 unspecified atom stereocenters. The lowest BCUT2D eigenvalue weighted by Crippen LogP contribution is -2.38. The van der Waals surface area contributed by atoms with Gasteiger partial charge in [0.2, 0.25) is 0 Å². The third-order valence-corrected chi connectivity index (χ3v) is 4.59. The molecule has 1 aliphatic carbocycles. The molecule has 0 atom stereocenters. The van der Waals surface area contributed by atoms with E-state index in [0.717, 1.165) is 26.1 Å². The zero-order valence-corrected chi connectivity index (χ0v) is 12.6. The van der Waals surface area contributed by atoms with Gasteiger partial charge in [-0.25, -0.2) is 4.79 Å². The molecule has 110 valence electrons. The number of carbonyl (C=O) groups excluding carboxylic acids is 1. The second-order valence-corrected chi connectivity index (χ2v) is 7.33. The van der Waals surface area contributed by atoms with Gasteiger partial charge in [0, 0.05) is 13.1 Å². The molecule has 1 aliphatic heterocycles. The summed E-state index contributed by atoms with van der Waals surface area (Å²) in [5, 5.41) is 0. The first-order valence-corrected chi connectivity index (χ1v) is 7.52. The zero-order chi connectivity index (χ0) is 14.1. The van der Waals surface area contributed by atoms with Crippen molar-refractivity contribution in [3.63, 3.8) is 0 Å². The molecule has 19 heavy (non-hydrogen) atoms. The third-order valence-electron chi connectivity index (χ3n) is 4.59. The van der Waals surface area contributed by atoms with Crippen LogP contribution in [-0.2, 0) is 4.74 Å². The Balaban J connectivity index is 1.88. The van der Waals surface area contributed by atoms with Crippen LogP contribution in [0.2, 0.25) is 0 Å². The number of hydrogen-bond donors (Lipinski definition) is 1. The van der Waals surface area contributed by atoms with Crippen molar-refractivity contribution in [2.75, 3.05) is 19.6 Å². The van der Waals surface area contributed by atoms with Gasteiger partial charge < -0.3 is 15.4 Å². The summed E-state index contributed by atoms with van der Waals surface area (Å²) in [7, 11) is 0. The third kappa shape index (κ3) is 3.62. The monoisotopic (exact) mass is 268 g/mol. The molecule has 2 fully saturated rings. The molecule has 1 spiro atoms. The molecule has 1 amide bonds. The maximum atomic E-state index is 12.1. The van der Waals surface area contributed by atoms with Crippen LogP contribution in [0, 0.1) is 11.3 Å². The van der Waals surface area contributed by atoms with Crippen LogP contribution < -0.4 is 5.73 Å². The van der Waals surface area contributed by atoms with E-state index in [4.69, 9.17) is 10.5 Å². The average Bonchev–Trinajstić information content (AvgIpc) is 2.73. The molecule has 1 saturated carbocycles. The lowest BCUT2D eigenvalue weighted by atomic mass is 9.70. The minimum Gasteiger partial charge on any atom is -0.444 e. The molecular formula is C15H28N2O2. The van der Waals surface area contributed by atoms with Crippen LogP contribution in [0.25, 0.3) is 0 Å². The van der Waals surface area contributed by atoms with E-state index >= 15 is 0 Å². The van der Waals surface area contributed by atoms with E-state index in [1.165, 1.54) is 25.7 Å². The molecule has 1 heterocycles. The van der Waals surface area contributed by atoms with Crippen LogP contribution in [-0.4, -0.2) is 36.2 Å². The SMILES string of the molecule is CC(C)(C)OC(=O)N1CCC2(CCC(CN)CC2)C1. The first-order chi connectivity index (χ1) is 8.84. The summed E-state index contributed by atoms with van der Waals surface area (Å²) < 4.78 is 5.46. The first kappa shape index (κ1) is 14.6. The number of nitrogens with two attached hydrogens (primary N) is 1. The van der Waals surface area contributed by atoms with E-state index in [2.05, 4.69) is 0 Å². The molecule has 2 N–H and O–H groups in total. The minimum atomic E-state index is -0.399. The van der Waals surface area contributed by atoms with Crippen LogP contribution in [0.5, 0.6) is 0 Å². The van der Waals surface area contributed by atoms with Gasteiger partial charge in [0.1, 0.15) is 5.60 Å². The number of rotatable bonds is 1. The number of likely N-dealkylation sites (tertiary alicyclic amines) is 1. The lowest BCUT2D eigenvalue weighted by molar-refractivity contribution is 0.0257. The molecule has 0 aromatic carbocycles. The molecule has 2 aliphatic rings. The highest BCUT2D eigenvalue weighted by molar-refractivity contribution is 5.68. The van der Waals surface area contributed by atoms with Gasteiger partial charge in [-0.05, 0) is 70.8 Å². The van der Waals surface area contributed by atoms with E-state index < -0.39 is 5.60 Å². The van der Waals surface area contributed by atoms with Crippen molar-refractivity contribution in [1.82, 2.24) is 4.90 Å². The Kier molecular flexibility index (Phi) is 4.09. The van der Waals surface area contributed by atoms with Crippen LogP contribution in [0.3, 0.4) is 0 Å². The van der Waals surface area contributed by atoms with E-state index in [1.54, 1.807) is 0 Å². The maximum absolute atomic E-state index is 12.1. The van der Waals surface area contributed by atoms with Gasteiger partial charge in [0.05, 0.1) is 0 Å². The summed E-state index contributed by atoms with van der Waals surface area (Å²) in [5.74, 6) is 0.696. The highest BCUT2D eigenvalue weighted by Crippen LogP contribution is 2.45. The van der Waals surface area contributed by atoms with Crippen LogP contribution in [0.15, 0.2) is 0 Å². The van der Waals surface area contributed by atoms with Gasteiger partial charge in [-0.1, -0.05) is 0 Å². The topological polar surface area (TPSA) is 55.6 Å². The molecule has 2 rings (SSSR count). The van der Waals surface area contributed by atoms with Crippen molar-refractivity contribution in [3.05, 3.63) is 0 Å². The Labute approximate surface area is 116 Å². The minimum absolute atomic E-state index is 0.148. The Morgan fingerprint density at radius 1 is 1.32 bits per heavy atom. The number of amides is 1. The normalized spacial score (nSPS) is 31.8. The Morgan fingerprint density at radius 2 is 1.95 bits per heavy atom. The van der Waals surface area contributed by atoms with Gasteiger partial charge in [0.15, 0.2) is 0 Å². The van der Waals surface area contributed by atoms with E-state index in [-0.39, 0.29) is 6.09 Å². The highest BCUT2D eigenvalue weighted by atomic mass is 16.6. The first-order valence-electron chi connectivity index (χ1n) is 7.52. The fourth-order valence-corrected chi connectivity index (χ4v) is 3.35. The average molecular weight is 268 g/mol. The van der Waals surface area contributed by atoms with Crippen molar-refractivity contribution in [2.45, 2.75) is 58.5 Å². The quantitative estimate of drug-likeness (QED) is 0.795. The lowest BCUT2D eigenvalue weighted by Gasteiger charge is -2.36. The summed E-state index contributed by atoms with van der Waals surface area (Å²) in [4.78, 5) is 14.0. The fraction of sp³-hybridized carbons (Fsp3) is 0.933. The molecule has 4 heteroatoms.